The van der Waals surface area contributed by atoms with Gasteiger partial charge in [0, 0.05) is 12.4 Å². The predicted molar refractivity (Wildman–Crippen MR) is 14.3 cm³/mol. The van der Waals surface area contributed by atoms with Gasteiger partial charge in [-0.3, -0.25) is 0 Å². The van der Waals surface area contributed by atoms with Gasteiger partial charge in [0.05, 0.1) is 0 Å². The smallest absolute Gasteiger partial charge is 0.00807 e. The lowest BCUT2D eigenvalue weighted by atomic mass is 11.3. The fourth-order valence-corrected chi connectivity index (χ4v) is 0.0272. The number of hydroxylamine groups is 2. The molecule has 0 aromatic carbocycles. The van der Waals surface area contributed by atoms with Crippen LogP contribution in [0.15, 0.2) is 12.4 Å². The highest BCUT2D eigenvalue weighted by Gasteiger charge is 1.80. The molecule has 0 amide bonds. The molecule has 0 saturated carbocycles. The summed E-state index contributed by atoms with van der Waals surface area (Å²) in [7, 11) is 0. The molecule has 22 valence electrons. The van der Waals surface area contributed by atoms with Crippen molar-refractivity contribution in [3.63, 3.8) is 0 Å². The zero-order valence-electron chi connectivity index (χ0n) is 2.01. The highest BCUT2D eigenvalue weighted by molar-refractivity contribution is 5.00. The lowest BCUT2D eigenvalue weighted by Crippen LogP contribution is -1.68. The Balaban J connectivity index is 2.32. The minimum Gasteiger partial charge on any atom is -0.755 e. The van der Waals surface area contributed by atoms with Crippen molar-refractivity contribution < 1.29 is 0 Å². The normalized spacial score (nSPS) is 17.8. The van der Waals surface area contributed by atoms with E-state index in [0.29, 0.717) is 0 Å². The van der Waals surface area contributed by atoms with E-state index in [9.17, 15) is 5.21 Å². The SMILES string of the molecule is [O-]N1C=C1. The predicted octanol–water partition coefficient (Wildman–Crippen LogP) is 0.271. The summed E-state index contributed by atoms with van der Waals surface area (Å²) < 4.78 is 0. The van der Waals surface area contributed by atoms with Crippen LogP contribution in [0.4, 0.5) is 0 Å². The van der Waals surface area contributed by atoms with Gasteiger partial charge in [-0.25, -0.2) is 0 Å². The molecule has 0 spiro atoms. The van der Waals surface area contributed by atoms with Crippen LogP contribution in [0.25, 0.3) is 0 Å². The van der Waals surface area contributed by atoms with Crippen LogP contribution in [0.1, 0.15) is 0 Å². The molecular weight excluding hydrogens is 54.0 g/mol. The quantitative estimate of drug-likeness (QED) is 0.398. The Hall–Kier alpha value is -0.500. The molecule has 0 radical (unpaired) electrons. The Morgan fingerprint density at radius 2 is 1.75 bits per heavy atom. The van der Waals surface area contributed by atoms with Gasteiger partial charge >= 0.3 is 0 Å². The van der Waals surface area contributed by atoms with Crippen molar-refractivity contribution in [2.24, 2.45) is 0 Å². The maximum absolute atomic E-state index is 9.36. The lowest BCUT2D eigenvalue weighted by molar-refractivity contribution is 0.849. The number of hydrogen-bond acceptors (Lipinski definition) is 2. The molecule has 1 heterocycles. The molecule has 0 aromatic heterocycles. The molecule has 1 rings (SSSR count). The number of nitrogens with zero attached hydrogens (tertiary/aromatic N) is 1. The van der Waals surface area contributed by atoms with Gasteiger partial charge < -0.3 is 10.3 Å². The highest BCUT2D eigenvalue weighted by atomic mass is 16.5. The van der Waals surface area contributed by atoms with Gasteiger partial charge in [0.15, 0.2) is 0 Å². The summed E-state index contributed by atoms with van der Waals surface area (Å²) in [6.45, 7) is 0. The largest absolute Gasteiger partial charge is 0.755 e. The fraction of sp³-hybridized carbons (Fsp3) is 0. The van der Waals surface area contributed by atoms with Crippen LogP contribution >= 0.6 is 0 Å². The average molecular weight is 56.0 g/mol. The molecule has 0 N–H and O–H groups in total. The summed E-state index contributed by atoms with van der Waals surface area (Å²) in [6.07, 6.45) is 2.89. The van der Waals surface area contributed by atoms with Crippen LogP contribution in [0.3, 0.4) is 0 Å². The first-order chi connectivity index (χ1) is 1.89. The summed E-state index contributed by atoms with van der Waals surface area (Å²) in [5, 5.41) is 10.1. The fourth-order valence-electron chi connectivity index (χ4n) is 0.0272. The van der Waals surface area contributed by atoms with E-state index >= 15 is 0 Å². The topological polar surface area (TPSA) is 26.1 Å². The van der Waals surface area contributed by atoms with Gasteiger partial charge in [0.25, 0.3) is 0 Å². The molecular formula is C2H2NO-. The second-order valence-corrected chi connectivity index (χ2v) is 0.658. The molecule has 0 bridgehead atoms. The van der Waals surface area contributed by atoms with E-state index in [0.717, 1.165) is 5.06 Å². The van der Waals surface area contributed by atoms with E-state index in [1.807, 2.05) is 0 Å². The van der Waals surface area contributed by atoms with Crippen molar-refractivity contribution in [2.45, 2.75) is 0 Å². The van der Waals surface area contributed by atoms with Crippen LogP contribution in [-0.2, 0) is 0 Å². The van der Waals surface area contributed by atoms with Crippen molar-refractivity contribution in [2.75, 3.05) is 0 Å². The first-order valence-electron chi connectivity index (χ1n) is 1.03. The molecule has 0 saturated heterocycles. The lowest BCUT2D eigenvalue weighted by Gasteiger charge is -1.98. The van der Waals surface area contributed by atoms with E-state index in [1.165, 1.54) is 12.4 Å². The van der Waals surface area contributed by atoms with E-state index in [-0.39, 0.29) is 0 Å². The molecule has 1 aliphatic heterocycles. The Labute approximate surface area is 23.9 Å². The molecule has 0 aliphatic carbocycles. The van der Waals surface area contributed by atoms with Crippen molar-refractivity contribution >= 4 is 0 Å². The first kappa shape index (κ1) is 1.79. The van der Waals surface area contributed by atoms with Crippen molar-refractivity contribution in [3.8, 4) is 0 Å². The third-order valence-corrected chi connectivity index (χ3v) is 0.271. The Morgan fingerprint density at radius 3 is 1.75 bits per heavy atom. The van der Waals surface area contributed by atoms with Crippen molar-refractivity contribution in [3.05, 3.63) is 17.6 Å². The summed E-state index contributed by atoms with van der Waals surface area (Å²) in [5.41, 5.74) is 0. The van der Waals surface area contributed by atoms with Crippen LogP contribution in [0.2, 0.25) is 0 Å². The van der Waals surface area contributed by atoms with Gasteiger partial charge in [-0.2, -0.15) is 0 Å². The van der Waals surface area contributed by atoms with Gasteiger partial charge in [0.1, 0.15) is 0 Å². The summed E-state index contributed by atoms with van der Waals surface area (Å²) in [4.78, 5) is 0. The molecule has 0 unspecified atom stereocenters. The second-order valence-electron chi connectivity index (χ2n) is 0.658. The van der Waals surface area contributed by atoms with E-state index in [1.54, 1.807) is 0 Å². The molecule has 2 nitrogen and oxygen atoms in total. The van der Waals surface area contributed by atoms with Crippen LogP contribution in [-0.4, -0.2) is 5.06 Å². The molecule has 0 atom stereocenters. The van der Waals surface area contributed by atoms with Gasteiger partial charge in [0.2, 0.25) is 0 Å². The maximum atomic E-state index is 9.36. The standard InChI is InChI=1S/C2H2NO/c4-3-1-2-3/h1-2H/q-1. The minimum absolute atomic E-state index is 0.750. The average Bonchev–Trinajstić information content (AvgIpc) is 1.75. The monoisotopic (exact) mass is 56.0 g/mol. The van der Waals surface area contributed by atoms with Crippen LogP contribution in [0, 0.1) is 5.21 Å². The third-order valence-electron chi connectivity index (χ3n) is 0.271. The van der Waals surface area contributed by atoms with Crippen molar-refractivity contribution in [1.82, 2.24) is 5.06 Å². The second kappa shape index (κ2) is 0.278. The Bertz CT molecular complexity index is 44.0. The van der Waals surface area contributed by atoms with Crippen molar-refractivity contribution in [1.29, 1.82) is 0 Å². The summed E-state index contributed by atoms with van der Waals surface area (Å²) >= 11 is 0. The summed E-state index contributed by atoms with van der Waals surface area (Å²) in [5.74, 6) is 0. The third kappa shape index (κ3) is 0.0600. The van der Waals surface area contributed by atoms with Gasteiger partial charge in [-0.15, -0.1) is 0 Å². The number of rotatable bonds is 0. The zero-order chi connectivity index (χ0) is 2.99. The highest BCUT2D eigenvalue weighted by Crippen LogP contribution is 1.98. The Kier molecular flexibility index (Phi) is 0.124. The molecule has 0 aromatic rings. The van der Waals surface area contributed by atoms with E-state index < -0.39 is 0 Å². The molecule has 4 heavy (non-hydrogen) atoms. The Morgan fingerprint density at radius 1 is 1.50 bits per heavy atom. The molecule has 0 fully saturated rings. The van der Waals surface area contributed by atoms with E-state index in [2.05, 4.69) is 0 Å². The first-order valence-corrected chi connectivity index (χ1v) is 1.03. The van der Waals surface area contributed by atoms with Gasteiger partial charge in [-0.05, 0) is 0 Å². The summed E-state index contributed by atoms with van der Waals surface area (Å²) in [6, 6.07) is 0. The number of hydrogen-bond donors (Lipinski definition) is 0. The zero-order valence-corrected chi connectivity index (χ0v) is 2.01. The van der Waals surface area contributed by atoms with E-state index in [4.69, 9.17) is 0 Å². The maximum Gasteiger partial charge on any atom is 0.00807 e. The minimum atomic E-state index is 0.750. The van der Waals surface area contributed by atoms with Gasteiger partial charge in [-0.1, -0.05) is 0 Å². The van der Waals surface area contributed by atoms with Crippen LogP contribution in [0.5, 0.6) is 0 Å². The molecule has 1 aliphatic rings. The molecule has 2 heteroatoms. The van der Waals surface area contributed by atoms with Crippen LogP contribution < -0.4 is 0 Å².